The minimum Gasteiger partial charge on any atom is -0.341 e. The number of halogens is 2. The van der Waals surface area contributed by atoms with Crippen LogP contribution in [0.5, 0.6) is 0 Å². The van der Waals surface area contributed by atoms with Gasteiger partial charge < -0.3 is 15.1 Å². The second-order valence-corrected chi connectivity index (χ2v) is 6.80. The Morgan fingerprint density at radius 2 is 1.68 bits per heavy atom. The van der Waals surface area contributed by atoms with Crippen molar-refractivity contribution in [3.05, 3.63) is 35.4 Å². The molecular formula is C18H23F2N3O2. The third kappa shape index (κ3) is 3.75. The van der Waals surface area contributed by atoms with Crippen LogP contribution in [0, 0.1) is 23.5 Å². The Morgan fingerprint density at radius 1 is 1.04 bits per heavy atom. The van der Waals surface area contributed by atoms with Crippen LogP contribution in [0.1, 0.15) is 29.6 Å². The summed E-state index contributed by atoms with van der Waals surface area (Å²) in [5.74, 6) is -0.929. The van der Waals surface area contributed by atoms with E-state index in [1.165, 1.54) is 0 Å². The van der Waals surface area contributed by atoms with Gasteiger partial charge in [-0.15, -0.1) is 0 Å². The number of carbonyl (C=O) groups excluding carboxylic acids is 2. The van der Waals surface area contributed by atoms with Crippen LogP contribution in [0.4, 0.5) is 13.6 Å². The number of nitrogens with zero attached hydrogens (tertiary/aromatic N) is 2. The molecule has 25 heavy (non-hydrogen) atoms. The van der Waals surface area contributed by atoms with Crippen LogP contribution in [-0.2, 0) is 0 Å². The van der Waals surface area contributed by atoms with E-state index in [1.54, 1.807) is 16.8 Å². The van der Waals surface area contributed by atoms with Gasteiger partial charge in [0.05, 0.1) is 5.56 Å². The van der Waals surface area contributed by atoms with Crippen molar-refractivity contribution in [3.8, 4) is 0 Å². The minimum atomic E-state index is -0.686. The number of nitrogens with one attached hydrogen (secondary N) is 1. The third-order valence-corrected chi connectivity index (χ3v) is 5.38. The number of urea groups is 1. The van der Waals surface area contributed by atoms with Crippen LogP contribution in [0.15, 0.2) is 18.2 Å². The smallest absolute Gasteiger partial charge is 0.317 e. The van der Waals surface area contributed by atoms with Gasteiger partial charge in [-0.05, 0) is 49.3 Å². The quantitative estimate of drug-likeness (QED) is 0.890. The van der Waals surface area contributed by atoms with E-state index < -0.39 is 17.5 Å². The lowest BCUT2D eigenvalue weighted by atomic mass is 9.84. The number of hydrogen-bond acceptors (Lipinski definition) is 2. The van der Waals surface area contributed by atoms with Crippen molar-refractivity contribution < 1.29 is 18.4 Å². The van der Waals surface area contributed by atoms with E-state index in [0.717, 1.165) is 37.5 Å². The van der Waals surface area contributed by atoms with Crippen molar-refractivity contribution >= 4 is 11.9 Å². The van der Waals surface area contributed by atoms with E-state index in [-0.39, 0.29) is 11.6 Å². The molecule has 2 aliphatic rings. The summed E-state index contributed by atoms with van der Waals surface area (Å²) < 4.78 is 27.1. The maximum Gasteiger partial charge on any atom is 0.317 e. The molecule has 5 nitrogen and oxygen atoms in total. The number of benzene rings is 1. The average molecular weight is 351 g/mol. The lowest BCUT2D eigenvalue weighted by Gasteiger charge is -2.34. The third-order valence-electron chi connectivity index (χ3n) is 5.38. The van der Waals surface area contributed by atoms with E-state index in [0.29, 0.717) is 38.0 Å². The first kappa shape index (κ1) is 17.6. The van der Waals surface area contributed by atoms with Crippen LogP contribution in [0.3, 0.4) is 0 Å². The van der Waals surface area contributed by atoms with Gasteiger partial charge in [0, 0.05) is 33.2 Å². The number of rotatable bonds is 2. The van der Waals surface area contributed by atoms with Gasteiger partial charge in [-0.3, -0.25) is 4.79 Å². The minimum absolute atomic E-state index is 0.0525. The molecule has 0 saturated carbocycles. The zero-order chi connectivity index (χ0) is 18.0. The molecule has 0 radical (unpaired) electrons. The molecule has 0 aromatic heterocycles. The fourth-order valence-corrected chi connectivity index (χ4v) is 3.92. The number of hydrogen-bond donors (Lipinski definition) is 1. The number of piperidine rings is 1. The molecule has 0 spiro atoms. The van der Waals surface area contributed by atoms with Crippen molar-refractivity contribution in [2.75, 3.05) is 33.2 Å². The molecule has 3 rings (SSSR count). The molecule has 1 aromatic rings. The highest BCUT2D eigenvalue weighted by Crippen LogP contribution is 2.32. The van der Waals surface area contributed by atoms with Gasteiger partial charge in [0.2, 0.25) is 0 Å². The molecule has 136 valence electrons. The van der Waals surface area contributed by atoms with Gasteiger partial charge in [-0.25, -0.2) is 13.6 Å². The van der Waals surface area contributed by atoms with Gasteiger partial charge >= 0.3 is 6.03 Å². The summed E-state index contributed by atoms with van der Waals surface area (Å²) in [4.78, 5) is 27.6. The molecule has 2 fully saturated rings. The highest BCUT2D eigenvalue weighted by molar-refractivity contribution is 5.94. The maximum absolute atomic E-state index is 13.8. The SMILES string of the molecule is CNC(=O)N1CCC(C2CCN(C(=O)c3cc(F)ccc3F)C2)CC1. The molecule has 2 aliphatic heterocycles. The van der Waals surface area contributed by atoms with Crippen LogP contribution in [0.25, 0.3) is 0 Å². The molecule has 0 aliphatic carbocycles. The average Bonchev–Trinajstić information content (AvgIpc) is 3.12. The Hall–Kier alpha value is -2.18. The zero-order valence-corrected chi connectivity index (χ0v) is 14.3. The molecule has 1 N–H and O–H groups in total. The van der Waals surface area contributed by atoms with Gasteiger partial charge in [-0.2, -0.15) is 0 Å². The fraction of sp³-hybridized carbons (Fsp3) is 0.556. The van der Waals surface area contributed by atoms with Crippen molar-refractivity contribution in [2.45, 2.75) is 19.3 Å². The molecule has 2 heterocycles. The summed E-state index contributed by atoms with van der Waals surface area (Å²) in [7, 11) is 1.63. The molecule has 1 aromatic carbocycles. The molecule has 1 atom stereocenters. The molecule has 2 saturated heterocycles. The maximum atomic E-state index is 13.8. The van der Waals surface area contributed by atoms with Crippen molar-refractivity contribution in [1.82, 2.24) is 15.1 Å². The molecule has 1 unspecified atom stereocenters. The molecular weight excluding hydrogens is 328 g/mol. The predicted molar refractivity (Wildman–Crippen MR) is 89.1 cm³/mol. The predicted octanol–water partition coefficient (Wildman–Crippen LogP) is 2.48. The first-order valence-electron chi connectivity index (χ1n) is 8.70. The van der Waals surface area contributed by atoms with E-state index >= 15 is 0 Å². The number of likely N-dealkylation sites (tertiary alicyclic amines) is 2. The van der Waals surface area contributed by atoms with E-state index in [2.05, 4.69) is 5.32 Å². The largest absolute Gasteiger partial charge is 0.341 e. The molecule has 0 bridgehead atoms. The Bertz CT molecular complexity index is 660. The summed E-state index contributed by atoms with van der Waals surface area (Å²) in [6, 6.07) is 2.92. The van der Waals surface area contributed by atoms with E-state index in [4.69, 9.17) is 0 Å². The normalized spacial score (nSPS) is 21.5. The van der Waals surface area contributed by atoms with Gasteiger partial charge in [-0.1, -0.05) is 0 Å². The lowest BCUT2D eigenvalue weighted by Crippen LogP contribution is -2.44. The standard InChI is InChI=1S/C18H23F2N3O2/c1-21-18(25)22-7-4-12(5-8-22)13-6-9-23(11-13)17(24)15-10-14(19)2-3-16(15)20/h2-3,10,12-13H,4-9,11H2,1H3,(H,21,25). The summed E-state index contributed by atoms with van der Waals surface area (Å²) in [6.45, 7) is 2.56. The number of carbonyl (C=O) groups is 2. The molecule has 7 heteroatoms. The van der Waals surface area contributed by atoms with Crippen LogP contribution in [0.2, 0.25) is 0 Å². The summed E-state index contributed by atoms with van der Waals surface area (Å²) in [5.41, 5.74) is -0.199. The first-order chi connectivity index (χ1) is 12.0. The Balaban J connectivity index is 1.58. The highest BCUT2D eigenvalue weighted by atomic mass is 19.1. The summed E-state index contributed by atoms with van der Waals surface area (Å²) in [6.07, 6.45) is 2.69. The second kappa shape index (κ2) is 7.37. The zero-order valence-electron chi connectivity index (χ0n) is 14.3. The Kier molecular flexibility index (Phi) is 5.20. The van der Waals surface area contributed by atoms with Crippen molar-refractivity contribution in [3.63, 3.8) is 0 Å². The molecule has 3 amide bonds. The first-order valence-corrected chi connectivity index (χ1v) is 8.70. The number of amides is 3. The topological polar surface area (TPSA) is 52.7 Å². The lowest BCUT2D eigenvalue weighted by molar-refractivity contribution is 0.0771. The van der Waals surface area contributed by atoms with Gasteiger partial charge in [0.1, 0.15) is 11.6 Å². The van der Waals surface area contributed by atoms with Crippen molar-refractivity contribution in [2.24, 2.45) is 11.8 Å². The second-order valence-electron chi connectivity index (χ2n) is 6.80. The van der Waals surface area contributed by atoms with E-state index in [9.17, 15) is 18.4 Å². The van der Waals surface area contributed by atoms with Gasteiger partial charge in [0.15, 0.2) is 0 Å². The summed E-state index contributed by atoms with van der Waals surface area (Å²) >= 11 is 0. The Morgan fingerprint density at radius 3 is 2.36 bits per heavy atom. The fourth-order valence-electron chi connectivity index (χ4n) is 3.92. The van der Waals surface area contributed by atoms with Crippen LogP contribution in [-0.4, -0.2) is 55.0 Å². The van der Waals surface area contributed by atoms with Crippen molar-refractivity contribution in [1.29, 1.82) is 0 Å². The van der Waals surface area contributed by atoms with Crippen LogP contribution < -0.4 is 5.32 Å². The monoisotopic (exact) mass is 351 g/mol. The van der Waals surface area contributed by atoms with E-state index in [1.807, 2.05) is 0 Å². The highest BCUT2D eigenvalue weighted by Gasteiger charge is 2.35. The van der Waals surface area contributed by atoms with Gasteiger partial charge in [0.25, 0.3) is 5.91 Å². The summed E-state index contributed by atoms with van der Waals surface area (Å²) in [5, 5.41) is 2.64. The van der Waals surface area contributed by atoms with Crippen LogP contribution >= 0.6 is 0 Å². The Labute approximate surface area is 146 Å².